The fourth-order valence-electron chi connectivity index (χ4n) is 1.57. The molecule has 2 aromatic rings. The Morgan fingerprint density at radius 2 is 2.06 bits per heavy atom. The Morgan fingerprint density at radius 3 is 2.65 bits per heavy atom. The van der Waals surface area contributed by atoms with Gasteiger partial charge in [-0.05, 0) is 46.1 Å². The highest BCUT2D eigenvalue weighted by atomic mass is 79.9. The van der Waals surface area contributed by atoms with E-state index in [-0.39, 0.29) is 0 Å². The molecule has 0 aliphatic carbocycles. The maximum Gasteiger partial charge on any atom is 0.114 e. The Morgan fingerprint density at radius 1 is 1.35 bits per heavy atom. The number of hydrogen-bond donors (Lipinski definition) is 1. The van der Waals surface area contributed by atoms with Crippen molar-refractivity contribution in [2.24, 2.45) is 0 Å². The van der Waals surface area contributed by atoms with E-state index in [9.17, 15) is 5.11 Å². The molecule has 0 fully saturated rings. The second kappa shape index (κ2) is 5.41. The van der Waals surface area contributed by atoms with Gasteiger partial charge in [0.1, 0.15) is 6.10 Å². The van der Waals surface area contributed by atoms with Crippen LogP contribution in [0.5, 0.6) is 0 Å². The zero-order valence-electron chi connectivity index (χ0n) is 8.88. The number of aliphatic hydroxyl groups is 1. The molecule has 5 heteroatoms. The van der Waals surface area contributed by atoms with Crippen LogP contribution in [-0.4, -0.2) is 5.11 Å². The predicted molar refractivity (Wildman–Crippen MR) is 80.0 cm³/mol. The Balaban J connectivity index is 2.43. The number of halogens is 3. The first kappa shape index (κ1) is 13.6. The summed E-state index contributed by atoms with van der Waals surface area (Å²) >= 11 is 14.2. The maximum atomic E-state index is 10.3. The number of aliphatic hydroxyl groups excluding tert-OH is 1. The van der Waals surface area contributed by atoms with Gasteiger partial charge in [0.25, 0.3) is 0 Å². The molecule has 0 radical (unpaired) electrons. The van der Waals surface area contributed by atoms with E-state index in [1.165, 1.54) is 11.3 Å². The summed E-state index contributed by atoms with van der Waals surface area (Å²) in [4.78, 5) is 0.836. The molecule has 0 spiro atoms. The predicted octanol–water partition coefficient (Wildman–Crippen LogP) is 5.32. The minimum Gasteiger partial charge on any atom is -0.383 e. The van der Waals surface area contributed by atoms with Gasteiger partial charge in [0.2, 0.25) is 0 Å². The Labute approximate surface area is 126 Å². The van der Waals surface area contributed by atoms with Gasteiger partial charge in [-0.15, -0.1) is 11.3 Å². The van der Waals surface area contributed by atoms with Crippen LogP contribution >= 0.6 is 54.8 Å². The van der Waals surface area contributed by atoms with E-state index in [1.54, 1.807) is 6.07 Å². The molecule has 0 aliphatic heterocycles. The summed E-state index contributed by atoms with van der Waals surface area (Å²) in [5, 5.41) is 11.0. The van der Waals surface area contributed by atoms with Crippen LogP contribution < -0.4 is 0 Å². The van der Waals surface area contributed by atoms with E-state index < -0.39 is 6.10 Å². The second-order valence-corrected chi connectivity index (χ2v) is 7.29. The second-order valence-electron chi connectivity index (χ2n) is 3.63. The van der Waals surface area contributed by atoms with Crippen molar-refractivity contribution in [3.8, 4) is 0 Å². The van der Waals surface area contributed by atoms with E-state index in [0.29, 0.717) is 5.02 Å². The Bertz CT molecular complexity index is 534. The minimum atomic E-state index is -0.638. The molecule has 0 saturated heterocycles. The van der Waals surface area contributed by atoms with Gasteiger partial charge in [-0.2, -0.15) is 0 Å². The number of hydrogen-bond acceptors (Lipinski definition) is 2. The lowest BCUT2D eigenvalue weighted by Crippen LogP contribution is -2.00. The molecule has 90 valence electrons. The molecular weight excluding hydrogens is 387 g/mol. The molecule has 1 heterocycles. The monoisotopic (exact) mass is 394 g/mol. The summed E-state index contributed by atoms with van der Waals surface area (Å²) in [6.07, 6.45) is -0.638. The van der Waals surface area contributed by atoms with Crippen molar-refractivity contribution < 1.29 is 5.11 Å². The molecule has 17 heavy (non-hydrogen) atoms. The van der Waals surface area contributed by atoms with E-state index >= 15 is 0 Å². The van der Waals surface area contributed by atoms with E-state index in [1.807, 2.05) is 25.1 Å². The SMILES string of the molecule is Cc1c(Br)cccc1C(O)c1cc(Cl)c(Br)s1. The first-order valence-electron chi connectivity index (χ1n) is 4.88. The highest BCUT2D eigenvalue weighted by Crippen LogP contribution is 2.38. The third-order valence-electron chi connectivity index (χ3n) is 2.54. The fourth-order valence-corrected chi connectivity index (χ4v) is 3.71. The molecule has 1 unspecified atom stereocenters. The third kappa shape index (κ3) is 2.76. The van der Waals surface area contributed by atoms with Crippen LogP contribution in [0, 0.1) is 6.92 Å². The Kier molecular flexibility index (Phi) is 4.31. The molecule has 0 amide bonds. The normalized spacial score (nSPS) is 12.8. The lowest BCUT2D eigenvalue weighted by Gasteiger charge is -2.13. The molecule has 1 nitrogen and oxygen atoms in total. The maximum absolute atomic E-state index is 10.3. The molecule has 0 aliphatic rings. The van der Waals surface area contributed by atoms with Crippen molar-refractivity contribution in [1.82, 2.24) is 0 Å². The van der Waals surface area contributed by atoms with Crippen LogP contribution in [-0.2, 0) is 0 Å². The first-order valence-corrected chi connectivity index (χ1v) is 7.66. The molecule has 1 N–H and O–H groups in total. The molecule has 1 aromatic heterocycles. The van der Waals surface area contributed by atoms with Crippen molar-refractivity contribution in [3.63, 3.8) is 0 Å². The minimum absolute atomic E-state index is 0.636. The van der Waals surface area contributed by atoms with Crippen molar-refractivity contribution in [2.45, 2.75) is 13.0 Å². The zero-order valence-corrected chi connectivity index (χ0v) is 13.6. The quantitative estimate of drug-likeness (QED) is 0.729. The van der Waals surface area contributed by atoms with Crippen LogP contribution in [0.3, 0.4) is 0 Å². The lowest BCUT2D eigenvalue weighted by atomic mass is 10.0. The van der Waals surface area contributed by atoms with Crippen molar-refractivity contribution in [1.29, 1.82) is 0 Å². The summed E-state index contributed by atoms with van der Waals surface area (Å²) < 4.78 is 1.84. The highest BCUT2D eigenvalue weighted by molar-refractivity contribution is 9.11. The van der Waals surface area contributed by atoms with Gasteiger partial charge in [-0.3, -0.25) is 0 Å². The molecule has 2 rings (SSSR count). The molecular formula is C12H9Br2ClOS. The van der Waals surface area contributed by atoms with Crippen LogP contribution in [0.1, 0.15) is 22.1 Å². The summed E-state index contributed by atoms with van der Waals surface area (Å²) in [7, 11) is 0. The van der Waals surface area contributed by atoms with Gasteiger partial charge < -0.3 is 5.11 Å². The van der Waals surface area contributed by atoms with Gasteiger partial charge in [-0.1, -0.05) is 39.7 Å². The first-order chi connectivity index (χ1) is 8.00. The molecule has 0 bridgehead atoms. The van der Waals surface area contributed by atoms with Crippen molar-refractivity contribution >= 4 is 54.8 Å². The summed E-state index contributed by atoms with van der Waals surface area (Å²) in [6.45, 7) is 1.98. The average molecular weight is 397 g/mol. The van der Waals surface area contributed by atoms with E-state index in [2.05, 4.69) is 31.9 Å². The smallest absolute Gasteiger partial charge is 0.114 e. The van der Waals surface area contributed by atoms with Crippen molar-refractivity contribution in [2.75, 3.05) is 0 Å². The number of thiophene rings is 1. The average Bonchev–Trinajstić information content (AvgIpc) is 2.62. The van der Waals surface area contributed by atoms with Crippen LogP contribution in [0.2, 0.25) is 5.02 Å². The number of benzene rings is 1. The van der Waals surface area contributed by atoms with Crippen LogP contribution in [0.4, 0.5) is 0 Å². The van der Waals surface area contributed by atoms with Crippen LogP contribution in [0.25, 0.3) is 0 Å². The highest BCUT2D eigenvalue weighted by Gasteiger charge is 2.17. The molecule has 1 atom stereocenters. The van der Waals surface area contributed by atoms with E-state index in [4.69, 9.17) is 11.6 Å². The largest absolute Gasteiger partial charge is 0.383 e. The number of rotatable bonds is 2. The Hall–Kier alpha value is 0.130. The summed E-state index contributed by atoms with van der Waals surface area (Å²) in [6, 6.07) is 7.59. The third-order valence-corrected chi connectivity index (χ3v) is 5.92. The fraction of sp³-hybridized carbons (Fsp3) is 0.167. The van der Waals surface area contributed by atoms with Gasteiger partial charge in [0, 0.05) is 9.35 Å². The van der Waals surface area contributed by atoms with E-state index in [0.717, 1.165) is 24.3 Å². The van der Waals surface area contributed by atoms with Crippen LogP contribution in [0.15, 0.2) is 32.5 Å². The van der Waals surface area contributed by atoms with Gasteiger partial charge in [0.15, 0.2) is 0 Å². The van der Waals surface area contributed by atoms with Gasteiger partial charge in [-0.25, -0.2) is 0 Å². The topological polar surface area (TPSA) is 20.2 Å². The standard InChI is InChI=1S/C12H9Br2ClOS/c1-6-7(3-2-4-8(6)13)11(16)10-5-9(15)12(14)17-10/h2-5,11,16H,1H3. The summed E-state index contributed by atoms with van der Waals surface area (Å²) in [5.74, 6) is 0. The molecule has 1 aromatic carbocycles. The van der Waals surface area contributed by atoms with Gasteiger partial charge >= 0.3 is 0 Å². The molecule has 0 saturated carbocycles. The lowest BCUT2D eigenvalue weighted by molar-refractivity contribution is 0.223. The van der Waals surface area contributed by atoms with Crippen molar-refractivity contribution in [3.05, 3.63) is 53.6 Å². The zero-order chi connectivity index (χ0) is 12.6. The summed E-state index contributed by atoms with van der Waals surface area (Å²) in [5.41, 5.74) is 1.94. The van der Waals surface area contributed by atoms with Gasteiger partial charge in [0.05, 0.1) is 8.81 Å².